The van der Waals surface area contributed by atoms with Crippen LogP contribution < -0.4 is 5.32 Å². The van der Waals surface area contributed by atoms with Crippen molar-refractivity contribution in [2.75, 3.05) is 18.9 Å². The Balaban J connectivity index is 2.06. The van der Waals surface area contributed by atoms with Crippen molar-refractivity contribution < 1.29 is 13.2 Å². The summed E-state index contributed by atoms with van der Waals surface area (Å²) in [5, 5.41) is 4.43. The molecule has 0 fully saturated rings. The highest BCUT2D eigenvalue weighted by molar-refractivity contribution is 14.1. The number of thiophene rings is 1. The molecule has 2 rings (SSSR count). The van der Waals surface area contributed by atoms with E-state index in [-0.39, 0.29) is 16.7 Å². The quantitative estimate of drug-likeness (QED) is 0.713. The van der Waals surface area contributed by atoms with E-state index in [2.05, 4.69) is 27.9 Å². The van der Waals surface area contributed by atoms with E-state index in [0.717, 1.165) is 24.8 Å². The van der Waals surface area contributed by atoms with Crippen LogP contribution in [0.1, 0.15) is 5.56 Å². The van der Waals surface area contributed by atoms with E-state index in [4.69, 9.17) is 0 Å². The maximum atomic E-state index is 12.2. The molecule has 0 unspecified atom stereocenters. The number of rotatable bonds is 5. The largest absolute Gasteiger partial charge is 0.325 e. The Morgan fingerprint density at radius 1 is 1.36 bits per heavy atom. The monoisotopic (exact) mass is 450 g/mol. The van der Waals surface area contributed by atoms with Gasteiger partial charge in [0.2, 0.25) is 5.91 Å². The van der Waals surface area contributed by atoms with Crippen LogP contribution in [0, 0.1) is 10.5 Å². The van der Waals surface area contributed by atoms with E-state index < -0.39 is 10.0 Å². The molecular formula is C14H15IN2O3S2. The van der Waals surface area contributed by atoms with Gasteiger partial charge in [-0.3, -0.25) is 4.79 Å². The highest BCUT2D eigenvalue weighted by atomic mass is 127. The maximum Gasteiger partial charge on any atom is 0.252 e. The molecule has 1 N–H and O–H groups in total. The van der Waals surface area contributed by atoms with Crippen LogP contribution in [0.4, 0.5) is 5.69 Å². The van der Waals surface area contributed by atoms with Crippen molar-refractivity contribution in [3.8, 4) is 0 Å². The summed E-state index contributed by atoms with van der Waals surface area (Å²) in [6.07, 6.45) is 0. The Bertz CT molecular complexity index is 773. The topological polar surface area (TPSA) is 66.5 Å². The van der Waals surface area contributed by atoms with Gasteiger partial charge in [0.1, 0.15) is 4.21 Å². The molecule has 0 bridgehead atoms. The fourth-order valence-electron chi connectivity index (χ4n) is 1.81. The first-order valence-corrected chi connectivity index (χ1v) is 9.76. The number of halogens is 1. The third kappa shape index (κ3) is 4.06. The lowest BCUT2D eigenvalue weighted by atomic mass is 10.2. The van der Waals surface area contributed by atoms with Crippen molar-refractivity contribution in [2.24, 2.45) is 0 Å². The number of aryl methyl sites for hydroxylation is 1. The Morgan fingerprint density at radius 3 is 2.68 bits per heavy atom. The second-order valence-corrected chi connectivity index (χ2v) is 9.17. The second kappa shape index (κ2) is 7.07. The number of sulfonamides is 1. The van der Waals surface area contributed by atoms with Gasteiger partial charge in [-0.05, 0) is 64.7 Å². The number of carbonyl (C=O) groups is 1. The van der Waals surface area contributed by atoms with Gasteiger partial charge in [0.25, 0.3) is 10.0 Å². The average molecular weight is 450 g/mol. The first-order valence-electron chi connectivity index (χ1n) is 6.36. The van der Waals surface area contributed by atoms with Gasteiger partial charge in [0, 0.05) is 16.3 Å². The Labute approximate surface area is 147 Å². The zero-order valence-corrected chi connectivity index (χ0v) is 15.8. The van der Waals surface area contributed by atoms with Gasteiger partial charge >= 0.3 is 0 Å². The minimum Gasteiger partial charge on any atom is -0.325 e. The summed E-state index contributed by atoms with van der Waals surface area (Å²) in [6, 6.07) is 8.83. The van der Waals surface area contributed by atoms with Gasteiger partial charge in [0.05, 0.1) is 6.54 Å². The van der Waals surface area contributed by atoms with Crippen LogP contribution in [0.5, 0.6) is 0 Å². The standard InChI is InChI=1S/C14H15IN2O3S2/c1-10-8-11(15)5-6-12(10)16-13(18)9-17(2)22(19,20)14-4-3-7-21-14/h3-8H,9H2,1-2H3,(H,16,18). The molecule has 22 heavy (non-hydrogen) atoms. The number of anilines is 1. The maximum absolute atomic E-state index is 12.2. The molecule has 0 aliphatic rings. The highest BCUT2D eigenvalue weighted by Crippen LogP contribution is 2.20. The predicted molar refractivity (Wildman–Crippen MR) is 96.7 cm³/mol. The molecule has 1 aromatic carbocycles. The zero-order chi connectivity index (χ0) is 16.3. The molecule has 0 spiro atoms. The number of carbonyl (C=O) groups excluding carboxylic acids is 1. The summed E-state index contributed by atoms with van der Waals surface area (Å²) < 4.78 is 26.9. The van der Waals surface area contributed by atoms with E-state index in [0.29, 0.717) is 5.69 Å². The van der Waals surface area contributed by atoms with Crippen molar-refractivity contribution in [1.29, 1.82) is 0 Å². The normalized spacial score (nSPS) is 11.6. The Hall–Kier alpha value is -0.970. The van der Waals surface area contributed by atoms with Crippen molar-refractivity contribution in [3.05, 3.63) is 44.8 Å². The van der Waals surface area contributed by atoms with E-state index >= 15 is 0 Å². The highest BCUT2D eigenvalue weighted by Gasteiger charge is 2.23. The van der Waals surface area contributed by atoms with Gasteiger partial charge < -0.3 is 5.32 Å². The van der Waals surface area contributed by atoms with Gasteiger partial charge in [-0.15, -0.1) is 11.3 Å². The molecule has 0 aliphatic carbocycles. The molecular weight excluding hydrogens is 435 g/mol. The van der Waals surface area contributed by atoms with Crippen molar-refractivity contribution in [2.45, 2.75) is 11.1 Å². The number of nitrogens with one attached hydrogen (secondary N) is 1. The zero-order valence-electron chi connectivity index (χ0n) is 12.0. The van der Waals surface area contributed by atoms with Crippen LogP contribution in [0.2, 0.25) is 0 Å². The molecule has 0 radical (unpaired) electrons. The van der Waals surface area contributed by atoms with Crippen molar-refractivity contribution in [3.63, 3.8) is 0 Å². The fourth-order valence-corrected chi connectivity index (χ4v) is 4.78. The number of likely N-dealkylation sites (N-methyl/N-ethyl adjacent to an activating group) is 1. The molecule has 1 heterocycles. The lowest BCUT2D eigenvalue weighted by molar-refractivity contribution is -0.116. The summed E-state index contributed by atoms with van der Waals surface area (Å²) in [7, 11) is -2.21. The molecule has 1 aromatic heterocycles. The smallest absolute Gasteiger partial charge is 0.252 e. The number of benzene rings is 1. The third-order valence-electron chi connectivity index (χ3n) is 2.99. The minimum atomic E-state index is -3.61. The van der Waals surface area contributed by atoms with Crippen LogP contribution in [-0.2, 0) is 14.8 Å². The third-order valence-corrected chi connectivity index (χ3v) is 6.84. The van der Waals surface area contributed by atoms with E-state index in [1.54, 1.807) is 11.4 Å². The Morgan fingerprint density at radius 2 is 2.09 bits per heavy atom. The molecule has 0 aliphatic heterocycles. The van der Waals surface area contributed by atoms with Crippen molar-refractivity contribution >= 4 is 55.5 Å². The first-order chi connectivity index (χ1) is 10.3. The van der Waals surface area contributed by atoms with Crippen LogP contribution in [0.25, 0.3) is 0 Å². The second-order valence-electron chi connectivity index (χ2n) is 4.70. The van der Waals surface area contributed by atoms with Crippen LogP contribution in [-0.4, -0.2) is 32.2 Å². The molecule has 0 saturated heterocycles. The Kier molecular flexibility index (Phi) is 5.59. The number of amides is 1. The predicted octanol–water partition coefficient (Wildman–Crippen LogP) is 2.92. The average Bonchev–Trinajstić information content (AvgIpc) is 2.96. The molecule has 118 valence electrons. The molecule has 2 aromatic rings. The summed E-state index contributed by atoms with van der Waals surface area (Å²) in [5.74, 6) is -0.369. The fraction of sp³-hybridized carbons (Fsp3) is 0.214. The van der Waals surface area contributed by atoms with Crippen LogP contribution >= 0.6 is 33.9 Å². The van der Waals surface area contributed by atoms with E-state index in [9.17, 15) is 13.2 Å². The SMILES string of the molecule is Cc1cc(I)ccc1NC(=O)CN(C)S(=O)(=O)c1cccs1. The summed E-state index contributed by atoms with van der Waals surface area (Å²) in [5.41, 5.74) is 1.62. The molecule has 0 atom stereocenters. The van der Waals surface area contributed by atoms with E-state index in [1.165, 1.54) is 13.1 Å². The molecule has 8 heteroatoms. The number of hydrogen-bond acceptors (Lipinski definition) is 4. The lowest BCUT2D eigenvalue weighted by Crippen LogP contribution is -2.34. The van der Waals surface area contributed by atoms with Crippen LogP contribution in [0.15, 0.2) is 39.9 Å². The summed E-state index contributed by atoms with van der Waals surface area (Å²) in [6.45, 7) is 1.66. The summed E-state index contributed by atoms with van der Waals surface area (Å²) in [4.78, 5) is 12.1. The van der Waals surface area contributed by atoms with Gasteiger partial charge in [0.15, 0.2) is 0 Å². The number of hydrogen-bond donors (Lipinski definition) is 1. The van der Waals surface area contributed by atoms with Gasteiger partial charge in [-0.2, -0.15) is 4.31 Å². The summed E-state index contributed by atoms with van der Waals surface area (Å²) >= 11 is 3.32. The number of nitrogens with zero attached hydrogens (tertiary/aromatic N) is 1. The first kappa shape index (κ1) is 17.4. The van der Waals surface area contributed by atoms with Gasteiger partial charge in [-0.1, -0.05) is 6.07 Å². The van der Waals surface area contributed by atoms with Gasteiger partial charge in [-0.25, -0.2) is 8.42 Å². The molecule has 0 saturated carbocycles. The van der Waals surface area contributed by atoms with Crippen LogP contribution in [0.3, 0.4) is 0 Å². The molecule has 1 amide bonds. The molecule has 5 nitrogen and oxygen atoms in total. The van der Waals surface area contributed by atoms with Crippen molar-refractivity contribution in [1.82, 2.24) is 4.31 Å². The minimum absolute atomic E-state index is 0.230. The van der Waals surface area contributed by atoms with E-state index in [1.807, 2.05) is 25.1 Å². The lowest BCUT2D eigenvalue weighted by Gasteiger charge is -2.16.